The molecule has 2 nitrogen and oxygen atoms in total. The molecule has 0 aromatic heterocycles. The predicted molar refractivity (Wildman–Crippen MR) is 72.6 cm³/mol. The van der Waals surface area contributed by atoms with Crippen molar-refractivity contribution in [2.45, 2.75) is 45.4 Å². The van der Waals surface area contributed by atoms with Crippen molar-refractivity contribution in [3.05, 3.63) is 35.4 Å². The lowest BCUT2D eigenvalue weighted by Gasteiger charge is -2.27. The molecule has 1 radical (unpaired) electrons. The van der Waals surface area contributed by atoms with Crippen molar-refractivity contribution in [2.24, 2.45) is 0 Å². The van der Waals surface area contributed by atoms with Crippen LogP contribution in [-0.4, -0.2) is 15.3 Å². The average molecular weight is 249 g/mol. The van der Waals surface area contributed by atoms with Crippen LogP contribution in [-0.2, 0) is 11.0 Å². The lowest BCUT2D eigenvalue weighted by atomic mass is 10.1. The van der Waals surface area contributed by atoms with Crippen LogP contribution in [0.2, 0.25) is 11.1 Å². The van der Waals surface area contributed by atoms with E-state index in [1.807, 2.05) is 24.3 Å². The van der Waals surface area contributed by atoms with Gasteiger partial charge in [-0.3, -0.25) is 4.79 Å². The van der Waals surface area contributed by atoms with E-state index in [0.717, 1.165) is 17.9 Å². The van der Waals surface area contributed by atoms with Crippen LogP contribution < -0.4 is 0 Å². The second-order valence-corrected chi connectivity index (χ2v) is 8.52. The Kier molecular flexibility index (Phi) is 5.09. The molecule has 0 amide bonds. The first-order chi connectivity index (χ1) is 7.97. The van der Waals surface area contributed by atoms with Gasteiger partial charge in [-0.2, -0.15) is 0 Å². The van der Waals surface area contributed by atoms with E-state index in [1.165, 1.54) is 0 Å². The molecule has 0 spiro atoms. The van der Waals surface area contributed by atoms with E-state index in [4.69, 9.17) is 4.43 Å². The van der Waals surface area contributed by atoms with Crippen LogP contribution in [0.4, 0.5) is 0 Å². The Bertz CT molecular complexity index is 369. The van der Waals surface area contributed by atoms with Crippen LogP contribution in [0.25, 0.3) is 0 Å². The van der Waals surface area contributed by atoms with Crippen LogP contribution in [0, 0.1) is 0 Å². The van der Waals surface area contributed by atoms with E-state index in [2.05, 4.69) is 27.7 Å². The van der Waals surface area contributed by atoms with Gasteiger partial charge in [-0.05, 0) is 22.7 Å². The second kappa shape index (κ2) is 6.12. The van der Waals surface area contributed by atoms with Gasteiger partial charge in [-0.25, -0.2) is 0 Å². The summed E-state index contributed by atoms with van der Waals surface area (Å²) in [5.41, 5.74) is 1.79. The maximum Gasteiger partial charge on any atom is 0.217 e. The molecule has 0 aliphatic heterocycles. The lowest BCUT2D eigenvalue weighted by molar-refractivity contribution is 0.112. The van der Waals surface area contributed by atoms with E-state index in [0.29, 0.717) is 12.2 Å². The van der Waals surface area contributed by atoms with Crippen molar-refractivity contribution < 1.29 is 9.22 Å². The van der Waals surface area contributed by atoms with Crippen molar-refractivity contribution in [2.75, 3.05) is 0 Å². The van der Waals surface area contributed by atoms with Gasteiger partial charge in [0, 0.05) is 5.56 Å². The third-order valence-corrected chi connectivity index (χ3v) is 5.47. The SMILES string of the molecule is CC[Si](OCc1cccc(C=O)c1)C(C)(C)C. The van der Waals surface area contributed by atoms with Crippen molar-refractivity contribution in [1.29, 1.82) is 0 Å². The highest BCUT2D eigenvalue weighted by Crippen LogP contribution is 2.30. The van der Waals surface area contributed by atoms with Crippen LogP contribution in [0.3, 0.4) is 0 Å². The number of hydrogen-bond acceptors (Lipinski definition) is 2. The minimum Gasteiger partial charge on any atom is -0.412 e. The monoisotopic (exact) mass is 249 g/mol. The zero-order valence-electron chi connectivity index (χ0n) is 11.1. The van der Waals surface area contributed by atoms with Gasteiger partial charge < -0.3 is 4.43 Å². The Morgan fingerprint density at radius 2 is 2.06 bits per heavy atom. The Hall–Kier alpha value is -0.933. The quantitative estimate of drug-likeness (QED) is 0.585. The molecule has 0 atom stereocenters. The molecular formula is C14H21O2Si. The summed E-state index contributed by atoms with van der Waals surface area (Å²) >= 11 is 0. The second-order valence-electron chi connectivity index (χ2n) is 5.18. The summed E-state index contributed by atoms with van der Waals surface area (Å²) in [6.07, 6.45) is 0.874. The first-order valence-electron chi connectivity index (χ1n) is 6.00. The van der Waals surface area contributed by atoms with Gasteiger partial charge in [0.05, 0.1) is 6.61 Å². The summed E-state index contributed by atoms with van der Waals surface area (Å²) in [6.45, 7) is 9.48. The third kappa shape index (κ3) is 4.44. The summed E-state index contributed by atoms with van der Waals surface area (Å²) in [5, 5.41) is 0.252. The molecule has 93 valence electrons. The maximum absolute atomic E-state index is 10.7. The molecule has 0 saturated heterocycles. The average Bonchev–Trinajstić information content (AvgIpc) is 2.28. The number of hydrogen-bond donors (Lipinski definition) is 0. The number of benzene rings is 1. The van der Waals surface area contributed by atoms with Gasteiger partial charge in [0.2, 0.25) is 9.04 Å². The molecule has 0 unspecified atom stereocenters. The summed E-state index contributed by atoms with van der Waals surface area (Å²) < 4.78 is 6.03. The van der Waals surface area contributed by atoms with Crippen molar-refractivity contribution in [3.8, 4) is 0 Å². The first-order valence-corrected chi connectivity index (χ1v) is 7.62. The molecule has 0 fully saturated rings. The van der Waals surface area contributed by atoms with Crippen LogP contribution >= 0.6 is 0 Å². The van der Waals surface area contributed by atoms with Crippen molar-refractivity contribution in [3.63, 3.8) is 0 Å². The summed E-state index contributed by atoms with van der Waals surface area (Å²) in [4.78, 5) is 10.7. The predicted octanol–water partition coefficient (Wildman–Crippen LogP) is 3.83. The Morgan fingerprint density at radius 3 is 2.59 bits per heavy atom. The molecule has 0 heterocycles. The van der Waals surface area contributed by atoms with Crippen molar-refractivity contribution in [1.82, 2.24) is 0 Å². The molecule has 3 heteroatoms. The molecule has 0 N–H and O–H groups in total. The molecular weight excluding hydrogens is 228 g/mol. The van der Waals surface area contributed by atoms with Gasteiger partial charge in [-0.1, -0.05) is 45.9 Å². The molecule has 0 bridgehead atoms. The largest absolute Gasteiger partial charge is 0.412 e. The zero-order valence-corrected chi connectivity index (χ0v) is 12.1. The van der Waals surface area contributed by atoms with Crippen LogP contribution in [0.1, 0.15) is 43.6 Å². The van der Waals surface area contributed by atoms with Crippen LogP contribution in [0.5, 0.6) is 0 Å². The van der Waals surface area contributed by atoms with E-state index < -0.39 is 9.04 Å². The summed E-state index contributed by atoms with van der Waals surface area (Å²) in [7, 11) is -0.805. The number of carbonyl (C=O) groups excluding carboxylic acids is 1. The fourth-order valence-electron chi connectivity index (χ4n) is 1.78. The van der Waals surface area contributed by atoms with E-state index in [1.54, 1.807) is 0 Å². The van der Waals surface area contributed by atoms with Gasteiger partial charge in [0.25, 0.3) is 0 Å². The molecule has 0 aliphatic rings. The molecule has 0 aliphatic carbocycles. The Morgan fingerprint density at radius 1 is 1.35 bits per heavy atom. The molecule has 1 aromatic rings. The highest BCUT2D eigenvalue weighted by molar-refractivity contribution is 6.55. The molecule has 0 saturated carbocycles. The normalized spacial score (nSPS) is 11.8. The zero-order chi connectivity index (χ0) is 12.9. The summed E-state index contributed by atoms with van der Waals surface area (Å²) in [6, 6.07) is 8.71. The van der Waals surface area contributed by atoms with E-state index >= 15 is 0 Å². The minimum absolute atomic E-state index is 0.252. The van der Waals surface area contributed by atoms with Gasteiger partial charge in [0.1, 0.15) is 6.29 Å². The molecule has 17 heavy (non-hydrogen) atoms. The number of aldehydes is 1. The lowest BCUT2D eigenvalue weighted by Crippen LogP contribution is -2.28. The number of rotatable bonds is 5. The summed E-state index contributed by atoms with van der Waals surface area (Å²) in [5.74, 6) is 0. The molecule has 1 rings (SSSR count). The van der Waals surface area contributed by atoms with E-state index in [-0.39, 0.29) is 5.04 Å². The smallest absolute Gasteiger partial charge is 0.217 e. The third-order valence-electron chi connectivity index (χ3n) is 2.66. The van der Waals surface area contributed by atoms with Crippen LogP contribution in [0.15, 0.2) is 24.3 Å². The molecule has 1 aromatic carbocycles. The van der Waals surface area contributed by atoms with E-state index in [9.17, 15) is 4.79 Å². The minimum atomic E-state index is -0.805. The highest BCUT2D eigenvalue weighted by atomic mass is 28.3. The Labute approximate surface area is 106 Å². The fraction of sp³-hybridized carbons (Fsp3) is 0.500. The maximum atomic E-state index is 10.7. The first kappa shape index (κ1) is 14.1. The van der Waals surface area contributed by atoms with Gasteiger partial charge in [-0.15, -0.1) is 0 Å². The highest BCUT2D eigenvalue weighted by Gasteiger charge is 2.27. The van der Waals surface area contributed by atoms with Crippen molar-refractivity contribution >= 4 is 15.3 Å². The van der Waals surface area contributed by atoms with Gasteiger partial charge in [0.15, 0.2) is 0 Å². The number of carbonyl (C=O) groups is 1. The fourth-order valence-corrected chi connectivity index (χ4v) is 3.81. The standard InChI is InChI=1S/C14H21O2Si/c1-5-17(14(2,3)4)16-11-13-8-6-7-12(9-13)10-15/h6-10H,5,11H2,1-4H3. The topological polar surface area (TPSA) is 26.3 Å². The van der Waals surface area contributed by atoms with Gasteiger partial charge >= 0.3 is 0 Å². The Balaban J connectivity index is 2.62.